The molecule has 130 valence electrons. The van der Waals surface area contributed by atoms with Crippen LogP contribution >= 0.6 is 0 Å². The zero-order valence-electron chi connectivity index (χ0n) is 14.1. The van der Waals surface area contributed by atoms with Crippen molar-refractivity contribution in [3.63, 3.8) is 0 Å². The second-order valence-electron chi connectivity index (χ2n) is 6.47. The van der Waals surface area contributed by atoms with Crippen LogP contribution in [0.1, 0.15) is 37.2 Å². The van der Waals surface area contributed by atoms with Crippen LogP contribution in [0.3, 0.4) is 0 Å². The first-order valence-electron chi connectivity index (χ1n) is 8.27. The maximum absolute atomic E-state index is 12.9. The minimum Gasteiger partial charge on any atom is -0.336 e. The molecule has 1 fully saturated rings. The lowest BCUT2D eigenvalue weighted by molar-refractivity contribution is 0.277. The van der Waals surface area contributed by atoms with E-state index in [0.717, 1.165) is 18.4 Å². The number of imidazole rings is 1. The molecule has 2 heterocycles. The van der Waals surface area contributed by atoms with Gasteiger partial charge in [-0.1, -0.05) is 37.3 Å². The maximum Gasteiger partial charge on any atom is 0.280 e. The summed E-state index contributed by atoms with van der Waals surface area (Å²) in [6.45, 7) is 3.23. The van der Waals surface area contributed by atoms with Crippen molar-refractivity contribution in [2.45, 2.75) is 25.8 Å². The summed E-state index contributed by atoms with van der Waals surface area (Å²) in [7, 11) is -1.71. The number of hydrogen-bond donors (Lipinski definition) is 1. The van der Waals surface area contributed by atoms with Gasteiger partial charge < -0.3 is 4.57 Å². The van der Waals surface area contributed by atoms with Gasteiger partial charge in [-0.3, -0.25) is 0 Å². The molecule has 1 N–H and O–H groups in total. The Bertz CT molecular complexity index is 773. The predicted molar refractivity (Wildman–Crippen MR) is 93.5 cm³/mol. The summed E-state index contributed by atoms with van der Waals surface area (Å²) in [6, 6.07) is 9.06. The molecular weight excluding hydrogens is 324 g/mol. The van der Waals surface area contributed by atoms with Crippen LogP contribution in [0, 0.1) is 5.92 Å². The van der Waals surface area contributed by atoms with Crippen molar-refractivity contribution in [2.75, 3.05) is 13.1 Å². The molecule has 1 aliphatic heterocycles. The van der Waals surface area contributed by atoms with Gasteiger partial charge in [-0.2, -0.15) is 17.4 Å². The summed E-state index contributed by atoms with van der Waals surface area (Å²) in [4.78, 5) is 4.35. The van der Waals surface area contributed by atoms with E-state index in [1.807, 2.05) is 48.1 Å². The standard InChI is InChI=1S/C17H24N4O2S/c1-14-7-6-11-21(13-14)24(22,23)19-16(15-8-4-3-5-9-15)17-18-10-12-20(17)2/h3-5,8-10,12,14,16,19H,6-7,11,13H2,1-2H3/t14-,16+/m0/s1. The first-order valence-corrected chi connectivity index (χ1v) is 9.71. The van der Waals surface area contributed by atoms with Gasteiger partial charge in [0.15, 0.2) is 0 Å². The van der Waals surface area contributed by atoms with Gasteiger partial charge in [0.05, 0.1) is 0 Å². The number of aryl methyl sites for hydroxylation is 1. The summed E-state index contributed by atoms with van der Waals surface area (Å²) in [5.74, 6) is 1.06. The van der Waals surface area contributed by atoms with Crippen molar-refractivity contribution in [3.8, 4) is 0 Å². The Hall–Kier alpha value is -1.70. The minimum atomic E-state index is -3.58. The van der Waals surface area contributed by atoms with Crippen LogP contribution in [0.25, 0.3) is 0 Å². The van der Waals surface area contributed by atoms with E-state index in [1.165, 1.54) is 0 Å². The largest absolute Gasteiger partial charge is 0.336 e. The Kier molecular flexibility index (Phi) is 5.03. The van der Waals surface area contributed by atoms with E-state index in [0.29, 0.717) is 24.8 Å². The number of nitrogens with zero attached hydrogens (tertiary/aromatic N) is 3. The van der Waals surface area contributed by atoms with Crippen LogP contribution in [-0.4, -0.2) is 35.4 Å². The second kappa shape index (κ2) is 7.04. The molecule has 6 nitrogen and oxygen atoms in total. The second-order valence-corrected chi connectivity index (χ2v) is 8.17. The van der Waals surface area contributed by atoms with Crippen molar-refractivity contribution < 1.29 is 8.42 Å². The van der Waals surface area contributed by atoms with Crippen LogP contribution in [0.5, 0.6) is 0 Å². The average Bonchev–Trinajstić information content (AvgIpc) is 2.99. The monoisotopic (exact) mass is 348 g/mol. The van der Waals surface area contributed by atoms with E-state index in [9.17, 15) is 8.42 Å². The number of aromatic nitrogens is 2. The van der Waals surface area contributed by atoms with Crippen LogP contribution in [-0.2, 0) is 17.3 Å². The van der Waals surface area contributed by atoms with Gasteiger partial charge in [-0.15, -0.1) is 0 Å². The molecule has 3 rings (SSSR count). The Balaban J connectivity index is 1.91. The fourth-order valence-corrected chi connectivity index (χ4v) is 4.67. The van der Waals surface area contributed by atoms with Crippen LogP contribution in [0.15, 0.2) is 42.7 Å². The summed E-state index contributed by atoms with van der Waals surface area (Å²) in [5, 5.41) is 0. The lowest BCUT2D eigenvalue weighted by Crippen LogP contribution is -2.47. The maximum atomic E-state index is 12.9. The highest BCUT2D eigenvalue weighted by Crippen LogP contribution is 2.24. The molecule has 1 aromatic heterocycles. The molecule has 0 spiro atoms. The molecule has 1 saturated heterocycles. The van der Waals surface area contributed by atoms with Crippen LogP contribution < -0.4 is 4.72 Å². The molecule has 0 amide bonds. The Labute approximate surface area is 143 Å². The SMILES string of the molecule is C[C@H]1CCCN(S(=O)(=O)N[C@H](c2ccccc2)c2nccn2C)C1. The molecule has 24 heavy (non-hydrogen) atoms. The summed E-state index contributed by atoms with van der Waals surface area (Å²) in [5.41, 5.74) is 0.875. The van der Waals surface area contributed by atoms with E-state index in [2.05, 4.69) is 16.6 Å². The third-order valence-electron chi connectivity index (χ3n) is 4.48. The number of benzene rings is 1. The molecule has 0 unspecified atom stereocenters. The third-order valence-corrected chi connectivity index (χ3v) is 6.02. The molecule has 2 aromatic rings. The molecule has 1 aliphatic rings. The van der Waals surface area contributed by atoms with Gasteiger partial charge in [0, 0.05) is 32.5 Å². The Morgan fingerprint density at radius 1 is 1.29 bits per heavy atom. The number of rotatable bonds is 5. The zero-order valence-corrected chi connectivity index (χ0v) is 14.9. The summed E-state index contributed by atoms with van der Waals surface area (Å²) in [6.07, 6.45) is 5.49. The van der Waals surface area contributed by atoms with Gasteiger partial charge >= 0.3 is 0 Å². The average molecular weight is 348 g/mol. The zero-order chi connectivity index (χ0) is 17.2. The Morgan fingerprint density at radius 3 is 2.67 bits per heavy atom. The van der Waals surface area contributed by atoms with E-state index >= 15 is 0 Å². The highest BCUT2D eigenvalue weighted by atomic mass is 32.2. The van der Waals surface area contributed by atoms with Crippen molar-refractivity contribution in [2.24, 2.45) is 13.0 Å². The van der Waals surface area contributed by atoms with Gasteiger partial charge in [0.1, 0.15) is 11.9 Å². The highest BCUT2D eigenvalue weighted by molar-refractivity contribution is 7.87. The topological polar surface area (TPSA) is 67.2 Å². The van der Waals surface area contributed by atoms with Crippen LogP contribution in [0.2, 0.25) is 0 Å². The van der Waals surface area contributed by atoms with Gasteiger partial charge in [-0.25, -0.2) is 4.98 Å². The lowest BCUT2D eigenvalue weighted by Gasteiger charge is -2.31. The van der Waals surface area contributed by atoms with E-state index < -0.39 is 16.3 Å². The highest BCUT2D eigenvalue weighted by Gasteiger charge is 2.31. The summed E-state index contributed by atoms with van der Waals surface area (Å²) < 4.78 is 32.1. The number of piperidine rings is 1. The molecule has 2 atom stereocenters. The number of hydrogen-bond acceptors (Lipinski definition) is 3. The fourth-order valence-electron chi connectivity index (χ4n) is 3.16. The quantitative estimate of drug-likeness (QED) is 0.899. The third kappa shape index (κ3) is 3.68. The molecule has 0 saturated carbocycles. The van der Waals surface area contributed by atoms with Crippen molar-refractivity contribution in [1.29, 1.82) is 0 Å². The van der Waals surface area contributed by atoms with E-state index in [-0.39, 0.29) is 0 Å². The first-order chi connectivity index (χ1) is 11.5. The molecule has 0 aliphatic carbocycles. The molecule has 0 radical (unpaired) electrons. The lowest BCUT2D eigenvalue weighted by atomic mass is 10.0. The summed E-state index contributed by atoms with van der Waals surface area (Å²) >= 11 is 0. The van der Waals surface area contributed by atoms with Crippen molar-refractivity contribution in [3.05, 3.63) is 54.1 Å². The van der Waals surface area contributed by atoms with Crippen molar-refractivity contribution >= 4 is 10.2 Å². The van der Waals surface area contributed by atoms with Crippen LogP contribution in [0.4, 0.5) is 0 Å². The van der Waals surface area contributed by atoms with E-state index in [4.69, 9.17) is 0 Å². The van der Waals surface area contributed by atoms with Gasteiger partial charge in [-0.05, 0) is 24.3 Å². The smallest absolute Gasteiger partial charge is 0.280 e. The first kappa shape index (κ1) is 17.1. The number of nitrogens with one attached hydrogen (secondary N) is 1. The fraction of sp³-hybridized carbons (Fsp3) is 0.471. The molecular formula is C17H24N4O2S. The molecule has 7 heteroatoms. The van der Waals surface area contributed by atoms with Crippen molar-refractivity contribution in [1.82, 2.24) is 18.6 Å². The Morgan fingerprint density at radius 2 is 2.04 bits per heavy atom. The molecule has 1 aromatic carbocycles. The van der Waals surface area contributed by atoms with Gasteiger partial charge in [0.25, 0.3) is 10.2 Å². The van der Waals surface area contributed by atoms with E-state index in [1.54, 1.807) is 10.5 Å². The molecule has 0 bridgehead atoms. The normalized spacial score (nSPS) is 20.8. The van der Waals surface area contributed by atoms with Gasteiger partial charge in [0.2, 0.25) is 0 Å². The predicted octanol–water partition coefficient (Wildman–Crippen LogP) is 2.08. The minimum absolute atomic E-state index is 0.388.